The number of rotatable bonds is 4. The smallest absolute Gasteiger partial charge is 0.121 e. The number of likely N-dealkylation sites (N-methyl/N-ethyl adjacent to an activating group) is 1. The Kier molecular flexibility index (Phi) is 4.29. The lowest BCUT2D eigenvalue weighted by molar-refractivity contribution is 0.0201. The normalized spacial score (nSPS) is 14.8. The largest absolute Gasteiger partial charge is 0.507 e. The van der Waals surface area contributed by atoms with Crippen molar-refractivity contribution in [3.8, 4) is 5.75 Å². The van der Waals surface area contributed by atoms with E-state index in [1.807, 2.05) is 0 Å². The Morgan fingerprint density at radius 1 is 1.19 bits per heavy atom. The summed E-state index contributed by atoms with van der Waals surface area (Å²) in [6.45, 7) is 3.85. The standard InChI is InChI=1S/C12H19NO3/c1-7-4-9(5-8(2)11(7)15)12(16)10(14)6-13-3/h4-5,10,12-16H,6H2,1-3H3. The van der Waals surface area contributed by atoms with E-state index in [9.17, 15) is 15.3 Å². The molecule has 2 atom stereocenters. The van der Waals surface area contributed by atoms with Gasteiger partial charge < -0.3 is 20.6 Å². The molecule has 0 fully saturated rings. The second kappa shape index (κ2) is 5.30. The number of aromatic hydroxyl groups is 1. The number of aliphatic hydroxyl groups excluding tert-OH is 2. The van der Waals surface area contributed by atoms with Crippen LogP contribution in [0.1, 0.15) is 22.8 Å². The first-order chi connectivity index (χ1) is 7.47. The lowest BCUT2D eigenvalue weighted by atomic mass is 9.99. The van der Waals surface area contributed by atoms with E-state index in [4.69, 9.17) is 0 Å². The number of aliphatic hydroxyl groups is 2. The zero-order valence-electron chi connectivity index (χ0n) is 9.86. The van der Waals surface area contributed by atoms with Gasteiger partial charge >= 0.3 is 0 Å². The highest BCUT2D eigenvalue weighted by Crippen LogP contribution is 2.27. The Morgan fingerprint density at radius 3 is 2.12 bits per heavy atom. The lowest BCUT2D eigenvalue weighted by Crippen LogP contribution is -2.29. The van der Waals surface area contributed by atoms with Crippen molar-refractivity contribution in [2.75, 3.05) is 13.6 Å². The lowest BCUT2D eigenvalue weighted by Gasteiger charge is -2.19. The monoisotopic (exact) mass is 225 g/mol. The molecule has 0 amide bonds. The van der Waals surface area contributed by atoms with E-state index in [1.54, 1.807) is 33.0 Å². The number of hydrogen-bond donors (Lipinski definition) is 4. The number of benzene rings is 1. The Balaban J connectivity index is 2.96. The number of nitrogens with one attached hydrogen (secondary N) is 1. The van der Waals surface area contributed by atoms with Gasteiger partial charge in [0.1, 0.15) is 11.9 Å². The highest BCUT2D eigenvalue weighted by atomic mass is 16.3. The maximum atomic E-state index is 9.89. The molecule has 0 aliphatic heterocycles. The molecule has 2 unspecified atom stereocenters. The van der Waals surface area contributed by atoms with Crippen molar-refractivity contribution in [3.05, 3.63) is 28.8 Å². The van der Waals surface area contributed by atoms with Crippen LogP contribution in [0.15, 0.2) is 12.1 Å². The fraction of sp³-hybridized carbons (Fsp3) is 0.500. The van der Waals surface area contributed by atoms with Crippen LogP contribution in [0.3, 0.4) is 0 Å². The van der Waals surface area contributed by atoms with Crippen LogP contribution in [0.25, 0.3) is 0 Å². The quantitative estimate of drug-likeness (QED) is 0.606. The highest BCUT2D eigenvalue weighted by molar-refractivity contribution is 5.43. The molecule has 0 saturated carbocycles. The molecule has 0 radical (unpaired) electrons. The zero-order chi connectivity index (χ0) is 12.3. The molecule has 90 valence electrons. The molecule has 0 aromatic heterocycles. The van der Waals surface area contributed by atoms with Gasteiger partial charge in [-0.25, -0.2) is 0 Å². The summed E-state index contributed by atoms with van der Waals surface area (Å²) in [7, 11) is 1.71. The molecule has 0 aliphatic carbocycles. The van der Waals surface area contributed by atoms with Gasteiger partial charge in [-0.05, 0) is 49.7 Å². The van der Waals surface area contributed by atoms with Crippen molar-refractivity contribution in [2.24, 2.45) is 0 Å². The van der Waals surface area contributed by atoms with Crippen molar-refractivity contribution in [2.45, 2.75) is 26.1 Å². The van der Waals surface area contributed by atoms with Crippen LogP contribution in [-0.2, 0) is 0 Å². The molecule has 1 aromatic carbocycles. The van der Waals surface area contributed by atoms with Crippen LogP contribution in [-0.4, -0.2) is 35.0 Å². The Labute approximate surface area is 95.6 Å². The maximum Gasteiger partial charge on any atom is 0.121 e. The fourth-order valence-corrected chi connectivity index (χ4v) is 1.70. The van der Waals surface area contributed by atoms with E-state index in [0.29, 0.717) is 23.2 Å². The van der Waals surface area contributed by atoms with Crippen LogP contribution < -0.4 is 5.32 Å². The second-order valence-electron chi connectivity index (χ2n) is 4.07. The summed E-state index contributed by atoms with van der Waals surface area (Å²) in [5, 5.41) is 31.9. The molecule has 0 heterocycles. The van der Waals surface area contributed by atoms with Crippen LogP contribution in [0.4, 0.5) is 0 Å². The zero-order valence-corrected chi connectivity index (χ0v) is 9.86. The molecule has 16 heavy (non-hydrogen) atoms. The fourth-order valence-electron chi connectivity index (χ4n) is 1.70. The number of aryl methyl sites for hydroxylation is 2. The van der Waals surface area contributed by atoms with Gasteiger partial charge in [0.15, 0.2) is 0 Å². The minimum Gasteiger partial charge on any atom is -0.507 e. The van der Waals surface area contributed by atoms with Crippen molar-refractivity contribution < 1.29 is 15.3 Å². The summed E-state index contributed by atoms with van der Waals surface area (Å²) in [5.74, 6) is 0.235. The van der Waals surface area contributed by atoms with Gasteiger partial charge in [0, 0.05) is 6.54 Å². The summed E-state index contributed by atoms with van der Waals surface area (Å²) in [6.07, 6.45) is -1.79. The first-order valence-electron chi connectivity index (χ1n) is 5.28. The molecule has 1 aromatic rings. The summed E-state index contributed by atoms with van der Waals surface area (Å²) in [4.78, 5) is 0. The van der Waals surface area contributed by atoms with Gasteiger partial charge in [0.05, 0.1) is 6.10 Å². The summed E-state index contributed by atoms with van der Waals surface area (Å²) in [5.41, 5.74) is 2.02. The third-order valence-corrected chi connectivity index (χ3v) is 2.63. The van der Waals surface area contributed by atoms with Crippen molar-refractivity contribution >= 4 is 0 Å². The van der Waals surface area contributed by atoms with E-state index < -0.39 is 12.2 Å². The number of phenols is 1. The van der Waals surface area contributed by atoms with Crippen LogP contribution in [0.5, 0.6) is 5.75 Å². The van der Waals surface area contributed by atoms with Gasteiger partial charge in [-0.1, -0.05) is 0 Å². The summed E-state index contributed by atoms with van der Waals surface area (Å²) < 4.78 is 0. The topological polar surface area (TPSA) is 72.7 Å². The van der Waals surface area contributed by atoms with Gasteiger partial charge in [-0.3, -0.25) is 0 Å². The van der Waals surface area contributed by atoms with Crippen LogP contribution in [0, 0.1) is 13.8 Å². The molecule has 0 bridgehead atoms. The Bertz CT molecular complexity index is 342. The van der Waals surface area contributed by atoms with E-state index >= 15 is 0 Å². The maximum absolute atomic E-state index is 9.89. The van der Waals surface area contributed by atoms with E-state index in [0.717, 1.165) is 0 Å². The molecular formula is C12H19NO3. The first-order valence-corrected chi connectivity index (χ1v) is 5.28. The van der Waals surface area contributed by atoms with Crippen LogP contribution in [0.2, 0.25) is 0 Å². The number of hydrogen-bond acceptors (Lipinski definition) is 4. The molecule has 0 saturated heterocycles. The third-order valence-electron chi connectivity index (χ3n) is 2.63. The molecule has 4 heteroatoms. The van der Waals surface area contributed by atoms with E-state index in [1.165, 1.54) is 0 Å². The minimum atomic E-state index is -0.939. The molecule has 4 N–H and O–H groups in total. The molecule has 1 rings (SSSR count). The SMILES string of the molecule is CNCC(O)C(O)c1cc(C)c(O)c(C)c1. The molecule has 0 spiro atoms. The first kappa shape index (κ1) is 13.0. The van der Waals surface area contributed by atoms with Gasteiger partial charge in [-0.2, -0.15) is 0 Å². The third kappa shape index (κ3) is 2.72. The van der Waals surface area contributed by atoms with E-state index in [-0.39, 0.29) is 5.75 Å². The predicted molar refractivity (Wildman–Crippen MR) is 62.5 cm³/mol. The highest BCUT2D eigenvalue weighted by Gasteiger charge is 2.18. The average molecular weight is 225 g/mol. The predicted octanol–water partition coefficient (Wildman–Crippen LogP) is 0.623. The number of phenolic OH excluding ortho intramolecular Hbond substituents is 1. The molecule has 4 nitrogen and oxygen atoms in total. The summed E-state index contributed by atoms with van der Waals surface area (Å²) >= 11 is 0. The Hall–Kier alpha value is -1.10. The second-order valence-corrected chi connectivity index (χ2v) is 4.07. The van der Waals surface area contributed by atoms with E-state index in [2.05, 4.69) is 5.32 Å². The van der Waals surface area contributed by atoms with Crippen molar-refractivity contribution in [1.82, 2.24) is 5.32 Å². The van der Waals surface area contributed by atoms with Gasteiger partial charge in [0.25, 0.3) is 0 Å². The van der Waals surface area contributed by atoms with Gasteiger partial charge in [0.2, 0.25) is 0 Å². The van der Waals surface area contributed by atoms with Crippen LogP contribution >= 0.6 is 0 Å². The van der Waals surface area contributed by atoms with Gasteiger partial charge in [-0.15, -0.1) is 0 Å². The summed E-state index contributed by atoms with van der Waals surface area (Å²) in [6, 6.07) is 3.37. The molecular weight excluding hydrogens is 206 g/mol. The van der Waals surface area contributed by atoms with Crippen molar-refractivity contribution in [1.29, 1.82) is 0 Å². The Morgan fingerprint density at radius 2 is 1.69 bits per heavy atom. The molecule has 0 aliphatic rings. The minimum absolute atomic E-state index is 0.235. The average Bonchev–Trinajstić information content (AvgIpc) is 2.24. The van der Waals surface area contributed by atoms with Crippen molar-refractivity contribution in [3.63, 3.8) is 0 Å².